The number of hydrogen-bond acceptors (Lipinski definition) is 2. The molecule has 0 aliphatic carbocycles. The number of rotatable bonds is 3. The van der Waals surface area contributed by atoms with Gasteiger partial charge in [0.2, 0.25) is 0 Å². The van der Waals surface area contributed by atoms with Crippen LogP contribution in [0.25, 0.3) is 71.7 Å². The van der Waals surface area contributed by atoms with E-state index in [2.05, 4.69) is 120 Å². The first-order chi connectivity index (χ1) is 22.2. The summed E-state index contributed by atoms with van der Waals surface area (Å²) in [5, 5.41) is 5.13. The molecule has 223 valence electrons. The summed E-state index contributed by atoms with van der Waals surface area (Å²) in [5.41, 5.74) is 12.6. The molecule has 1 radical (unpaired) electrons. The summed E-state index contributed by atoms with van der Waals surface area (Å²) in [6.45, 7) is 4.31. The van der Waals surface area contributed by atoms with Gasteiger partial charge in [0, 0.05) is 54.4 Å². The number of pyridine rings is 2. The van der Waals surface area contributed by atoms with Crippen LogP contribution in [-0.4, -0.2) is 14.4 Å². The molecule has 5 aromatic carbocycles. The van der Waals surface area contributed by atoms with Gasteiger partial charge < -0.3 is 14.4 Å². The van der Waals surface area contributed by atoms with E-state index in [1.807, 2.05) is 48.7 Å². The van der Waals surface area contributed by atoms with Crippen LogP contribution in [0.15, 0.2) is 140 Å². The van der Waals surface area contributed by atoms with Crippen molar-refractivity contribution in [2.24, 2.45) is 0 Å². The predicted octanol–water partition coefficient (Wildman–Crippen LogP) is 10.5. The normalized spacial score (nSPS) is 11.1. The van der Waals surface area contributed by atoms with E-state index < -0.39 is 0 Å². The molecule has 9 rings (SSSR count). The minimum atomic E-state index is 0. The van der Waals surface area contributed by atoms with Crippen LogP contribution in [0.4, 0.5) is 0 Å². The fourth-order valence-electron chi connectivity index (χ4n) is 6.45. The number of para-hydroxylation sites is 2. The van der Waals surface area contributed by atoms with Gasteiger partial charge in [-0.15, -0.1) is 59.7 Å². The molecule has 4 heteroatoms. The van der Waals surface area contributed by atoms with Crippen molar-refractivity contribution < 1.29 is 20.1 Å². The Balaban J connectivity index is 0.000000220. The molecule has 0 N–H and O–H groups in total. The molecule has 46 heavy (non-hydrogen) atoms. The Kier molecular flexibility index (Phi) is 7.92. The molecule has 0 saturated heterocycles. The largest absolute Gasteiger partial charge is 0.350 e. The van der Waals surface area contributed by atoms with Crippen LogP contribution >= 0.6 is 0 Å². The Morgan fingerprint density at radius 2 is 1.30 bits per heavy atom. The zero-order chi connectivity index (χ0) is 30.3. The first-order valence-corrected chi connectivity index (χ1v) is 15.2. The van der Waals surface area contributed by atoms with Crippen LogP contribution in [0.3, 0.4) is 0 Å². The van der Waals surface area contributed by atoms with Gasteiger partial charge in [-0.3, -0.25) is 0 Å². The summed E-state index contributed by atoms with van der Waals surface area (Å²) in [7, 11) is 0. The van der Waals surface area contributed by atoms with Crippen molar-refractivity contribution in [1.29, 1.82) is 0 Å². The molecule has 0 fully saturated rings. The molecule has 4 heterocycles. The molecule has 0 spiro atoms. The van der Waals surface area contributed by atoms with E-state index in [-0.39, 0.29) is 20.1 Å². The average Bonchev–Trinajstić information content (AvgIpc) is 3.62. The van der Waals surface area contributed by atoms with Gasteiger partial charge in [0.15, 0.2) is 0 Å². The minimum absolute atomic E-state index is 0. The van der Waals surface area contributed by atoms with E-state index in [4.69, 9.17) is 4.98 Å². The fraction of sp³-hybridized carbons (Fsp3) is 0.0476. The number of aryl methyl sites for hydroxylation is 2. The number of aromatic nitrogens is 3. The molecular weight excluding hydrogens is 739 g/mol. The van der Waals surface area contributed by atoms with Crippen molar-refractivity contribution in [2.75, 3.05) is 0 Å². The van der Waals surface area contributed by atoms with Gasteiger partial charge in [-0.05, 0) is 65.0 Å². The van der Waals surface area contributed by atoms with Crippen LogP contribution in [-0.2, 0) is 20.1 Å². The first kappa shape index (κ1) is 29.6. The maximum absolute atomic E-state index is 4.85. The first-order valence-electron chi connectivity index (χ1n) is 15.2. The molecule has 0 aliphatic rings. The van der Waals surface area contributed by atoms with Crippen LogP contribution in [0.5, 0.6) is 0 Å². The molecular formula is C42H29IrN3-2. The van der Waals surface area contributed by atoms with Crippen LogP contribution in [0.1, 0.15) is 11.1 Å². The van der Waals surface area contributed by atoms with Crippen LogP contribution in [0, 0.1) is 26.0 Å². The van der Waals surface area contributed by atoms with Crippen molar-refractivity contribution >= 4 is 38.1 Å². The second-order valence-electron chi connectivity index (χ2n) is 11.4. The van der Waals surface area contributed by atoms with Crippen LogP contribution in [0.2, 0.25) is 0 Å². The number of nitrogens with zero attached hydrogens (tertiary/aromatic N) is 3. The third kappa shape index (κ3) is 5.06. The molecule has 3 nitrogen and oxygen atoms in total. The summed E-state index contributed by atoms with van der Waals surface area (Å²) in [5.74, 6) is 0. The van der Waals surface area contributed by atoms with E-state index >= 15 is 0 Å². The van der Waals surface area contributed by atoms with E-state index in [1.165, 1.54) is 60.3 Å². The van der Waals surface area contributed by atoms with Crippen molar-refractivity contribution in [3.8, 4) is 33.6 Å². The number of hydrogen-bond donors (Lipinski definition) is 0. The quantitative estimate of drug-likeness (QED) is 0.168. The Morgan fingerprint density at radius 3 is 2.09 bits per heavy atom. The van der Waals surface area contributed by atoms with E-state index in [9.17, 15) is 0 Å². The molecule has 0 amide bonds. The third-order valence-corrected chi connectivity index (χ3v) is 8.63. The van der Waals surface area contributed by atoms with E-state index in [0.29, 0.717) is 0 Å². The van der Waals surface area contributed by atoms with E-state index in [0.717, 1.165) is 22.5 Å². The van der Waals surface area contributed by atoms with Crippen molar-refractivity contribution in [3.05, 3.63) is 163 Å². The topological polar surface area (TPSA) is 30.2 Å². The molecule has 0 aliphatic heterocycles. The van der Waals surface area contributed by atoms with Crippen molar-refractivity contribution in [1.82, 2.24) is 14.4 Å². The van der Waals surface area contributed by atoms with Gasteiger partial charge >= 0.3 is 0 Å². The second-order valence-corrected chi connectivity index (χ2v) is 11.4. The summed E-state index contributed by atoms with van der Waals surface area (Å²) >= 11 is 0. The molecule has 0 bridgehead atoms. The predicted molar refractivity (Wildman–Crippen MR) is 187 cm³/mol. The SMILES string of the molecule is Cc1ccccc1-c1cnc(-c2[c-]cc3c(c2)c2cccc4c5ccccc5n3c24)cc1C.[Ir].[c-]1ccccc1-c1ccccn1. The monoisotopic (exact) mass is 768 g/mol. The maximum atomic E-state index is 4.85. The Bertz CT molecular complexity index is 2410. The minimum Gasteiger partial charge on any atom is -0.350 e. The number of fused-ring (bicyclic) bond motifs is 6. The summed E-state index contributed by atoms with van der Waals surface area (Å²) < 4.78 is 2.38. The molecule has 0 saturated carbocycles. The van der Waals surface area contributed by atoms with Gasteiger partial charge in [-0.25, -0.2) is 0 Å². The van der Waals surface area contributed by atoms with Gasteiger partial charge in [0.05, 0.1) is 5.52 Å². The fourth-order valence-corrected chi connectivity index (χ4v) is 6.45. The smallest absolute Gasteiger partial charge is 0.0516 e. The van der Waals surface area contributed by atoms with Crippen LogP contribution < -0.4 is 0 Å². The molecule has 0 unspecified atom stereocenters. The van der Waals surface area contributed by atoms with Crippen molar-refractivity contribution in [3.63, 3.8) is 0 Å². The molecule has 9 aromatic rings. The molecule has 0 atom stereocenters. The van der Waals surface area contributed by atoms with Crippen molar-refractivity contribution in [2.45, 2.75) is 13.8 Å². The number of benzene rings is 5. The van der Waals surface area contributed by atoms with Gasteiger partial charge in [-0.2, -0.15) is 0 Å². The Labute approximate surface area is 281 Å². The van der Waals surface area contributed by atoms with E-state index in [1.54, 1.807) is 6.20 Å². The van der Waals surface area contributed by atoms with Gasteiger partial charge in [0.25, 0.3) is 0 Å². The van der Waals surface area contributed by atoms with Gasteiger partial charge in [0.1, 0.15) is 0 Å². The second kappa shape index (κ2) is 12.3. The standard InChI is InChI=1S/C31H21N2.C11H8N.Ir/c1-19-8-3-4-9-22(19)27-18-32-28(16-20(27)2)21-14-15-30-26(17-21)25-12-7-11-24-23-10-5-6-13-29(23)33(30)31(24)25;1-2-6-10(7-3-1)11-8-4-5-9-12-11;/h3-13,15-18H,1-2H3;1-6,8-9H;/q2*-1;. The summed E-state index contributed by atoms with van der Waals surface area (Å²) in [6, 6.07) is 50.7. The third-order valence-electron chi connectivity index (χ3n) is 8.63. The zero-order valence-corrected chi connectivity index (χ0v) is 27.8. The van der Waals surface area contributed by atoms with Gasteiger partial charge in [-0.1, -0.05) is 84.2 Å². The average molecular weight is 768 g/mol. The Hall–Kier alpha value is -5.15. The zero-order valence-electron chi connectivity index (χ0n) is 25.5. The summed E-state index contributed by atoms with van der Waals surface area (Å²) in [4.78, 5) is 9.07. The maximum Gasteiger partial charge on any atom is 0.0516 e. The summed E-state index contributed by atoms with van der Waals surface area (Å²) in [6.07, 6.45) is 3.79. The molecule has 4 aromatic heterocycles. The Morgan fingerprint density at radius 1 is 0.543 bits per heavy atom.